The average Bonchev–Trinajstić information content (AvgIpc) is 3.15. The lowest BCUT2D eigenvalue weighted by Gasteiger charge is -2.43. The molecule has 5 nitrogen and oxygen atoms in total. The Morgan fingerprint density at radius 1 is 1.07 bits per heavy atom. The van der Waals surface area contributed by atoms with Gasteiger partial charge in [0.1, 0.15) is 5.75 Å². The maximum atomic E-state index is 12.4. The number of piperidine rings is 2. The van der Waals surface area contributed by atoms with Gasteiger partial charge >= 0.3 is 0 Å². The van der Waals surface area contributed by atoms with Gasteiger partial charge in [0.25, 0.3) is 5.91 Å². The van der Waals surface area contributed by atoms with Crippen molar-refractivity contribution in [3.8, 4) is 5.75 Å². The van der Waals surface area contributed by atoms with E-state index in [0.717, 1.165) is 50.7 Å². The highest BCUT2D eigenvalue weighted by Gasteiger charge is 2.45. The second-order valence-electron chi connectivity index (χ2n) is 9.79. The van der Waals surface area contributed by atoms with E-state index in [2.05, 4.69) is 24.0 Å². The first-order valence-electron chi connectivity index (χ1n) is 11.8. The summed E-state index contributed by atoms with van der Waals surface area (Å²) < 4.78 is 11.6. The molecule has 4 rings (SSSR count). The molecule has 2 atom stereocenters. The van der Waals surface area contributed by atoms with Gasteiger partial charge in [0.05, 0.1) is 6.10 Å². The zero-order chi connectivity index (χ0) is 21.0. The standard InChI is InChI=1S/C25H38N2O3/c1-20-10-15-27(16-11-20)24(28)18-30-22-8-6-21(7-9-22)17-26-14-4-13-25(19-26)12-3-5-23(25)29-2/h6-9,20,23H,3-5,10-19H2,1-2H3/t23-,25-/m1/s1. The third-order valence-electron chi connectivity index (χ3n) is 7.62. The first kappa shape index (κ1) is 21.6. The smallest absolute Gasteiger partial charge is 0.260 e. The molecule has 3 aliphatic rings. The number of carbonyl (C=O) groups is 1. The molecule has 0 aromatic heterocycles. The van der Waals surface area contributed by atoms with Crippen LogP contribution in [0.15, 0.2) is 24.3 Å². The van der Waals surface area contributed by atoms with Gasteiger partial charge in [-0.15, -0.1) is 0 Å². The van der Waals surface area contributed by atoms with Crippen molar-refractivity contribution >= 4 is 5.91 Å². The molecule has 1 spiro atoms. The Kier molecular flexibility index (Phi) is 6.99. The zero-order valence-corrected chi connectivity index (χ0v) is 18.8. The van der Waals surface area contributed by atoms with Crippen LogP contribution in [0.5, 0.6) is 5.75 Å². The van der Waals surface area contributed by atoms with E-state index in [1.807, 2.05) is 24.1 Å². The number of hydrogen-bond donors (Lipinski definition) is 0. The second kappa shape index (κ2) is 9.69. The Morgan fingerprint density at radius 2 is 1.80 bits per heavy atom. The molecule has 2 aliphatic heterocycles. The fourth-order valence-electron chi connectivity index (χ4n) is 5.78. The van der Waals surface area contributed by atoms with E-state index in [9.17, 15) is 4.79 Å². The highest BCUT2D eigenvalue weighted by molar-refractivity contribution is 5.77. The third kappa shape index (κ3) is 5.00. The summed E-state index contributed by atoms with van der Waals surface area (Å²) in [4.78, 5) is 16.9. The first-order chi connectivity index (χ1) is 14.6. The molecule has 0 radical (unpaired) electrons. The minimum atomic E-state index is 0.105. The quantitative estimate of drug-likeness (QED) is 0.703. The normalized spacial score (nSPS) is 28.2. The van der Waals surface area contributed by atoms with Crippen molar-refractivity contribution in [1.29, 1.82) is 0 Å². The van der Waals surface area contributed by atoms with E-state index in [0.29, 0.717) is 11.5 Å². The highest BCUT2D eigenvalue weighted by Crippen LogP contribution is 2.46. The predicted molar refractivity (Wildman–Crippen MR) is 119 cm³/mol. The molecular formula is C25H38N2O3. The molecule has 1 aromatic carbocycles. The number of nitrogens with zero attached hydrogens (tertiary/aromatic N) is 2. The van der Waals surface area contributed by atoms with Crippen LogP contribution in [0.25, 0.3) is 0 Å². The van der Waals surface area contributed by atoms with E-state index in [1.54, 1.807) is 0 Å². The number of amides is 1. The van der Waals surface area contributed by atoms with Crippen molar-refractivity contribution in [3.63, 3.8) is 0 Å². The number of likely N-dealkylation sites (tertiary alicyclic amines) is 2. The second-order valence-corrected chi connectivity index (χ2v) is 9.79. The predicted octanol–water partition coefficient (Wildman–Crippen LogP) is 4.11. The van der Waals surface area contributed by atoms with E-state index in [4.69, 9.17) is 9.47 Å². The number of methoxy groups -OCH3 is 1. The highest BCUT2D eigenvalue weighted by atomic mass is 16.5. The number of benzene rings is 1. The van der Waals surface area contributed by atoms with Crippen LogP contribution in [0.2, 0.25) is 0 Å². The van der Waals surface area contributed by atoms with Crippen molar-refractivity contribution in [2.24, 2.45) is 11.3 Å². The molecule has 0 bridgehead atoms. The summed E-state index contributed by atoms with van der Waals surface area (Å²) in [6.45, 7) is 7.41. The van der Waals surface area contributed by atoms with Crippen LogP contribution >= 0.6 is 0 Å². The Balaban J connectivity index is 1.26. The van der Waals surface area contributed by atoms with Gasteiger partial charge in [0.2, 0.25) is 0 Å². The van der Waals surface area contributed by atoms with Gasteiger partial charge < -0.3 is 14.4 Å². The molecule has 0 N–H and O–H groups in total. The largest absolute Gasteiger partial charge is 0.484 e. The molecule has 166 valence electrons. The van der Waals surface area contributed by atoms with Crippen molar-refractivity contribution in [2.45, 2.75) is 64.5 Å². The van der Waals surface area contributed by atoms with Gasteiger partial charge in [-0.05, 0) is 68.7 Å². The number of carbonyl (C=O) groups excluding carboxylic acids is 1. The lowest BCUT2D eigenvalue weighted by Crippen LogP contribution is -2.47. The SMILES string of the molecule is CO[C@@H]1CCC[C@]12CCCN(Cc1ccc(OCC(=O)N3CCC(C)CC3)cc1)C2. The monoisotopic (exact) mass is 414 g/mol. The third-order valence-corrected chi connectivity index (χ3v) is 7.62. The van der Waals surface area contributed by atoms with Gasteiger partial charge in [-0.1, -0.05) is 25.5 Å². The number of rotatable bonds is 6. The minimum Gasteiger partial charge on any atom is -0.484 e. The van der Waals surface area contributed by atoms with Crippen molar-refractivity contribution in [2.75, 3.05) is 39.9 Å². The van der Waals surface area contributed by atoms with E-state index in [1.165, 1.54) is 44.2 Å². The van der Waals surface area contributed by atoms with Crippen LogP contribution in [0.4, 0.5) is 0 Å². The molecule has 0 unspecified atom stereocenters. The summed E-state index contributed by atoms with van der Waals surface area (Å²) in [6.07, 6.45) is 9.01. The maximum absolute atomic E-state index is 12.4. The lowest BCUT2D eigenvalue weighted by molar-refractivity contribution is -0.134. The van der Waals surface area contributed by atoms with Crippen LogP contribution in [0.3, 0.4) is 0 Å². The van der Waals surface area contributed by atoms with Gasteiger partial charge in [-0.3, -0.25) is 9.69 Å². The topological polar surface area (TPSA) is 42.0 Å². The van der Waals surface area contributed by atoms with Gasteiger partial charge in [-0.25, -0.2) is 0 Å². The average molecular weight is 415 g/mol. The molecule has 5 heteroatoms. The van der Waals surface area contributed by atoms with Crippen molar-refractivity contribution in [1.82, 2.24) is 9.80 Å². The van der Waals surface area contributed by atoms with Crippen LogP contribution in [0.1, 0.15) is 57.4 Å². The van der Waals surface area contributed by atoms with Gasteiger partial charge in [-0.2, -0.15) is 0 Å². The summed E-state index contributed by atoms with van der Waals surface area (Å²) >= 11 is 0. The van der Waals surface area contributed by atoms with E-state index < -0.39 is 0 Å². The number of hydrogen-bond acceptors (Lipinski definition) is 4. The molecule has 1 aliphatic carbocycles. The summed E-state index contributed by atoms with van der Waals surface area (Å²) in [5, 5.41) is 0. The van der Waals surface area contributed by atoms with Gasteiger partial charge in [0.15, 0.2) is 6.61 Å². The Hall–Kier alpha value is -1.59. The van der Waals surface area contributed by atoms with Crippen molar-refractivity contribution < 1.29 is 14.3 Å². The Bertz CT molecular complexity index is 699. The summed E-state index contributed by atoms with van der Waals surface area (Å²) in [7, 11) is 1.88. The van der Waals surface area contributed by atoms with Crippen LogP contribution in [-0.4, -0.2) is 61.7 Å². The fraction of sp³-hybridized carbons (Fsp3) is 0.720. The molecule has 2 saturated heterocycles. The van der Waals surface area contributed by atoms with Crippen LogP contribution in [0, 0.1) is 11.3 Å². The number of ether oxygens (including phenoxy) is 2. The fourth-order valence-corrected chi connectivity index (χ4v) is 5.78. The summed E-state index contributed by atoms with van der Waals surface area (Å²) in [6, 6.07) is 8.31. The van der Waals surface area contributed by atoms with Gasteiger partial charge in [0, 0.05) is 38.7 Å². The Morgan fingerprint density at radius 3 is 2.53 bits per heavy atom. The van der Waals surface area contributed by atoms with E-state index >= 15 is 0 Å². The first-order valence-corrected chi connectivity index (χ1v) is 11.8. The molecule has 1 saturated carbocycles. The summed E-state index contributed by atoms with van der Waals surface area (Å²) in [5.74, 6) is 1.61. The molecule has 1 amide bonds. The van der Waals surface area contributed by atoms with E-state index in [-0.39, 0.29) is 12.5 Å². The minimum absolute atomic E-state index is 0.105. The zero-order valence-electron chi connectivity index (χ0n) is 18.8. The Labute approximate surface area is 181 Å². The molecule has 2 heterocycles. The summed E-state index contributed by atoms with van der Waals surface area (Å²) in [5.41, 5.74) is 1.67. The maximum Gasteiger partial charge on any atom is 0.260 e. The molecular weight excluding hydrogens is 376 g/mol. The van der Waals surface area contributed by atoms with Crippen LogP contribution in [-0.2, 0) is 16.1 Å². The molecule has 30 heavy (non-hydrogen) atoms. The molecule has 3 fully saturated rings. The lowest BCUT2D eigenvalue weighted by atomic mass is 9.76. The van der Waals surface area contributed by atoms with Crippen LogP contribution < -0.4 is 4.74 Å². The molecule has 1 aromatic rings. The van der Waals surface area contributed by atoms with Crippen molar-refractivity contribution in [3.05, 3.63) is 29.8 Å².